The molecule has 0 aliphatic rings. The average Bonchev–Trinajstić information content (AvgIpc) is 2.44. The van der Waals surface area contributed by atoms with Crippen LogP contribution in [0.5, 0.6) is 0 Å². The molecule has 0 bridgehead atoms. The van der Waals surface area contributed by atoms with Gasteiger partial charge in [0.05, 0.1) is 0 Å². The van der Waals surface area contributed by atoms with Crippen LogP contribution < -0.4 is 0 Å². The van der Waals surface area contributed by atoms with Crippen LogP contribution in [0.25, 0.3) is 0 Å². The summed E-state index contributed by atoms with van der Waals surface area (Å²) < 4.78 is -0.652. The first kappa shape index (κ1) is 27.0. The second-order valence-corrected chi connectivity index (χ2v) is 14.2. The molecule has 0 fully saturated rings. The molecular formula is C21H42GaN3O3. The van der Waals surface area contributed by atoms with Crippen molar-refractivity contribution in [1.82, 2.24) is 14.7 Å². The monoisotopic (exact) mass is 453 g/mol. The fraction of sp³-hybridized carbons (Fsp3) is 0.857. The van der Waals surface area contributed by atoms with Crippen LogP contribution in [0, 0.1) is 0 Å². The number of nitrogens with zero attached hydrogens (tertiary/aromatic N) is 3. The summed E-state index contributed by atoms with van der Waals surface area (Å²) in [4.78, 5) is 46.1. The molecule has 0 spiro atoms. The fourth-order valence-corrected chi connectivity index (χ4v) is 11.0. The molecule has 0 atom stereocenters. The molecule has 0 saturated heterocycles. The van der Waals surface area contributed by atoms with Gasteiger partial charge >= 0.3 is 178 Å². The van der Waals surface area contributed by atoms with E-state index in [0.29, 0.717) is 0 Å². The van der Waals surface area contributed by atoms with Crippen molar-refractivity contribution >= 4 is 29.6 Å². The standard InChI is InChI=1S/3C7H14NO.Ga/c3*1-6(2)8(5-9)7(3)4;/h3*6-7H,1-4H3;. The van der Waals surface area contributed by atoms with E-state index in [2.05, 4.69) is 0 Å². The zero-order valence-corrected chi connectivity index (χ0v) is 22.5. The Hall–Kier alpha value is -0.954. The Balaban J connectivity index is 6.42. The van der Waals surface area contributed by atoms with Gasteiger partial charge in [-0.25, -0.2) is 0 Å². The summed E-state index contributed by atoms with van der Waals surface area (Å²) >= 11 is -3.80. The van der Waals surface area contributed by atoms with Gasteiger partial charge in [0.25, 0.3) is 0 Å². The minimum atomic E-state index is -3.80. The molecule has 0 N–H and O–H groups in total. The molecule has 0 aliphatic heterocycles. The van der Waals surface area contributed by atoms with Crippen molar-refractivity contribution in [2.24, 2.45) is 0 Å². The van der Waals surface area contributed by atoms with E-state index in [0.717, 1.165) is 0 Å². The van der Waals surface area contributed by atoms with Gasteiger partial charge in [-0.2, -0.15) is 0 Å². The summed E-state index contributed by atoms with van der Waals surface area (Å²) in [5, 5.41) is 0. The van der Waals surface area contributed by atoms with E-state index in [1.165, 1.54) is 0 Å². The Labute approximate surface area is 178 Å². The van der Waals surface area contributed by atoms with Crippen molar-refractivity contribution in [3.8, 4) is 0 Å². The van der Waals surface area contributed by atoms with Gasteiger partial charge < -0.3 is 0 Å². The van der Waals surface area contributed by atoms with E-state index in [9.17, 15) is 14.4 Å². The van der Waals surface area contributed by atoms with Crippen LogP contribution in [0.15, 0.2) is 0 Å². The normalized spacial score (nSPS) is 11.8. The third-order valence-electron chi connectivity index (χ3n) is 4.84. The predicted octanol–water partition coefficient (Wildman–Crippen LogP) is 4.94. The number of hydrogen-bond acceptors (Lipinski definition) is 3. The molecule has 0 aromatic carbocycles. The summed E-state index contributed by atoms with van der Waals surface area (Å²) in [5.41, 5.74) is 0. The molecule has 7 heteroatoms. The van der Waals surface area contributed by atoms with Gasteiger partial charge in [0.1, 0.15) is 0 Å². The van der Waals surface area contributed by atoms with Crippen molar-refractivity contribution in [2.45, 2.75) is 119 Å². The fourth-order valence-electron chi connectivity index (χ4n) is 4.08. The predicted molar refractivity (Wildman–Crippen MR) is 118 cm³/mol. The minimum absolute atomic E-state index is 0.0562. The average molecular weight is 454 g/mol. The zero-order chi connectivity index (χ0) is 22.5. The summed E-state index contributed by atoms with van der Waals surface area (Å²) in [7, 11) is 0. The number of amides is 3. The second kappa shape index (κ2) is 11.3. The number of carbonyl (C=O) groups is 3. The topological polar surface area (TPSA) is 60.9 Å². The first-order valence-electron chi connectivity index (χ1n) is 10.6. The third-order valence-corrected chi connectivity index (χ3v) is 9.83. The molecule has 28 heavy (non-hydrogen) atoms. The quantitative estimate of drug-likeness (QED) is 0.464. The number of carbonyl (C=O) groups excluding carboxylic acids is 3. The first-order chi connectivity index (χ1) is 12.7. The molecule has 3 amide bonds. The third kappa shape index (κ3) is 6.54. The van der Waals surface area contributed by atoms with Gasteiger partial charge in [0.15, 0.2) is 0 Å². The van der Waals surface area contributed by atoms with Gasteiger partial charge in [-0.3, -0.25) is 0 Å². The van der Waals surface area contributed by atoms with E-state index in [1.54, 1.807) is 14.7 Å². The van der Waals surface area contributed by atoms with Crippen LogP contribution >= 0.6 is 0 Å². The summed E-state index contributed by atoms with van der Waals surface area (Å²) in [5.74, 6) is 0. The summed E-state index contributed by atoms with van der Waals surface area (Å²) in [6, 6.07) is -0.337. The van der Waals surface area contributed by atoms with E-state index < -0.39 is 16.2 Å². The van der Waals surface area contributed by atoms with Gasteiger partial charge in [-0.1, -0.05) is 0 Å². The van der Waals surface area contributed by atoms with Crippen LogP contribution in [0.3, 0.4) is 0 Å². The van der Waals surface area contributed by atoms with Crippen LogP contribution in [0.1, 0.15) is 83.1 Å². The SMILES string of the molecule is CC(C)N([C](=O)[Ga]([C](=O)N(C(C)C)C(C)C)[C](=O)N(C(C)C)C(C)C)C(C)C. The van der Waals surface area contributed by atoms with E-state index in [1.807, 2.05) is 83.1 Å². The summed E-state index contributed by atoms with van der Waals surface area (Å²) in [6.07, 6.45) is 0. The van der Waals surface area contributed by atoms with Crippen molar-refractivity contribution in [3.05, 3.63) is 0 Å². The molecule has 162 valence electrons. The first-order valence-corrected chi connectivity index (χ1v) is 14.3. The van der Waals surface area contributed by atoms with E-state index >= 15 is 0 Å². The zero-order valence-electron chi connectivity index (χ0n) is 20.1. The number of rotatable bonds is 9. The van der Waals surface area contributed by atoms with Crippen LogP contribution in [-0.4, -0.2) is 80.6 Å². The van der Waals surface area contributed by atoms with Crippen LogP contribution in [0.4, 0.5) is 14.4 Å². The van der Waals surface area contributed by atoms with Crippen molar-refractivity contribution in [1.29, 1.82) is 0 Å². The van der Waals surface area contributed by atoms with Crippen molar-refractivity contribution in [3.63, 3.8) is 0 Å². The van der Waals surface area contributed by atoms with Crippen LogP contribution in [0.2, 0.25) is 0 Å². The Morgan fingerprint density at radius 2 is 0.571 bits per heavy atom. The molecule has 0 saturated carbocycles. The molecule has 0 rings (SSSR count). The van der Waals surface area contributed by atoms with E-state index in [-0.39, 0.29) is 49.6 Å². The molecule has 0 heterocycles. The van der Waals surface area contributed by atoms with Crippen LogP contribution in [-0.2, 0) is 0 Å². The van der Waals surface area contributed by atoms with Gasteiger partial charge in [0, 0.05) is 0 Å². The Kier molecular flexibility index (Phi) is 10.9. The van der Waals surface area contributed by atoms with E-state index in [4.69, 9.17) is 0 Å². The molecule has 0 aliphatic carbocycles. The van der Waals surface area contributed by atoms with Gasteiger partial charge in [-0.05, 0) is 0 Å². The maximum atomic E-state index is 13.6. The Bertz CT molecular complexity index is 445. The maximum absolute atomic E-state index is 13.6. The Morgan fingerprint density at radius 3 is 0.679 bits per heavy atom. The number of hydrogen-bond donors (Lipinski definition) is 0. The van der Waals surface area contributed by atoms with Crippen molar-refractivity contribution in [2.75, 3.05) is 0 Å². The van der Waals surface area contributed by atoms with Crippen molar-refractivity contribution < 1.29 is 14.4 Å². The summed E-state index contributed by atoms with van der Waals surface area (Å²) in [6.45, 7) is 23.3. The van der Waals surface area contributed by atoms with Gasteiger partial charge in [0.2, 0.25) is 0 Å². The molecule has 0 aromatic rings. The molecule has 0 radical (unpaired) electrons. The molecular weight excluding hydrogens is 412 g/mol. The Morgan fingerprint density at radius 1 is 0.429 bits per heavy atom. The second-order valence-electron chi connectivity index (χ2n) is 9.23. The molecule has 0 unspecified atom stereocenters. The van der Waals surface area contributed by atoms with Gasteiger partial charge in [-0.15, -0.1) is 0 Å². The molecule has 6 nitrogen and oxygen atoms in total. The molecule has 0 aromatic heterocycles.